The molecule has 4 rings (SSSR count). The number of amides is 1. The average Bonchev–Trinajstić information content (AvgIpc) is 2.80. The highest BCUT2D eigenvalue weighted by molar-refractivity contribution is 5.76. The van der Waals surface area contributed by atoms with E-state index in [1.807, 2.05) is 18.3 Å². The molecule has 0 aliphatic carbocycles. The van der Waals surface area contributed by atoms with Gasteiger partial charge >= 0.3 is 0 Å². The summed E-state index contributed by atoms with van der Waals surface area (Å²) in [6, 6.07) is 4.21. The summed E-state index contributed by atoms with van der Waals surface area (Å²) < 4.78 is 5.70. The summed E-state index contributed by atoms with van der Waals surface area (Å²) in [5, 5.41) is 3.21. The molecule has 2 aromatic heterocycles. The van der Waals surface area contributed by atoms with Crippen LogP contribution in [0.15, 0.2) is 30.7 Å². The summed E-state index contributed by atoms with van der Waals surface area (Å²) in [5.74, 6) is 1.19. The van der Waals surface area contributed by atoms with E-state index >= 15 is 0 Å². The number of pyridine rings is 1. The third-order valence-electron chi connectivity index (χ3n) is 6.17. The summed E-state index contributed by atoms with van der Waals surface area (Å²) in [5.41, 5.74) is 3.21. The number of hydrogen-bond acceptors (Lipinski definition) is 6. The third kappa shape index (κ3) is 5.58. The van der Waals surface area contributed by atoms with Gasteiger partial charge in [-0.25, -0.2) is 9.97 Å². The maximum Gasteiger partial charge on any atom is 0.225 e. The van der Waals surface area contributed by atoms with Gasteiger partial charge in [0.25, 0.3) is 0 Å². The van der Waals surface area contributed by atoms with Gasteiger partial charge in [-0.1, -0.05) is 13.8 Å². The largest absolute Gasteiger partial charge is 0.378 e. The molecular weight excluding hydrogens is 390 g/mol. The Morgan fingerprint density at radius 2 is 1.97 bits per heavy atom. The van der Waals surface area contributed by atoms with Crippen molar-refractivity contribution in [2.24, 2.45) is 0 Å². The van der Waals surface area contributed by atoms with E-state index in [0.29, 0.717) is 12.3 Å². The molecule has 31 heavy (non-hydrogen) atoms. The van der Waals surface area contributed by atoms with Crippen molar-refractivity contribution in [1.82, 2.24) is 20.3 Å². The quantitative estimate of drug-likeness (QED) is 0.763. The van der Waals surface area contributed by atoms with Crippen LogP contribution in [0.5, 0.6) is 0 Å². The molecule has 0 saturated carbocycles. The van der Waals surface area contributed by atoms with Crippen LogP contribution < -0.4 is 10.2 Å². The second-order valence-corrected chi connectivity index (χ2v) is 8.88. The van der Waals surface area contributed by atoms with Crippen molar-refractivity contribution in [2.75, 3.05) is 24.6 Å². The van der Waals surface area contributed by atoms with Crippen LogP contribution in [0.4, 0.5) is 5.95 Å². The van der Waals surface area contributed by atoms with Crippen molar-refractivity contribution < 1.29 is 9.53 Å². The zero-order valence-electron chi connectivity index (χ0n) is 18.6. The van der Waals surface area contributed by atoms with Crippen molar-refractivity contribution in [3.8, 4) is 11.1 Å². The molecule has 7 nitrogen and oxygen atoms in total. The molecule has 1 N–H and O–H groups in total. The van der Waals surface area contributed by atoms with Crippen LogP contribution in [0.25, 0.3) is 11.1 Å². The first-order valence-corrected chi connectivity index (χ1v) is 11.5. The van der Waals surface area contributed by atoms with E-state index in [0.717, 1.165) is 74.6 Å². The Hall–Kier alpha value is -2.54. The molecular formula is C24H33N5O2. The first-order valence-electron chi connectivity index (χ1n) is 11.5. The van der Waals surface area contributed by atoms with Crippen molar-refractivity contribution in [1.29, 1.82) is 0 Å². The average molecular weight is 424 g/mol. The van der Waals surface area contributed by atoms with E-state index in [2.05, 4.69) is 34.0 Å². The fraction of sp³-hybridized carbons (Fsp3) is 0.583. The molecule has 2 fully saturated rings. The highest BCUT2D eigenvalue weighted by Gasteiger charge is 2.25. The lowest BCUT2D eigenvalue weighted by molar-refractivity contribution is -0.125. The van der Waals surface area contributed by atoms with E-state index in [9.17, 15) is 4.79 Å². The van der Waals surface area contributed by atoms with Crippen LogP contribution >= 0.6 is 0 Å². The van der Waals surface area contributed by atoms with Gasteiger partial charge in [-0.2, -0.15) is 0 Å². The molecule has 1 amide bonds. The second-order valence-electron chi connectivity index (χ2n) is 8.88. The fourth-order valence-electron chi connectivity index (χ4n) is 4.42. The Morgan fingerprint density at radius 3 is 2.65 bits per heavy atom. The van der Waals surface area contributed by atoms with Gasteiger partial charge in [0.05, 0.1) is 18.2 Å². The number of carbonyl (C=O) groups excluding carboxylic acids is 1. The van der Waals surface area contributed by atoms with Gasteiger partial charge in [0.1, 0.15) is 0 Å². The first kappa shape index (κ1) is 21.7. The predicted molar refractivity (Wildman–Crippen MR) is 121 cm³/mol. The molecule has 0 radical (unpaired) electrons. The Labute approximate surface area is 184 Å². The molecule has 1 atom stereocenters. The maximum absolute atomic E-state index is 12.4. The number of aromatic nitrogens is 3. The van der Waals surface area contributed by atoms with Gasteiger partial charge in [-0.15, -0.1) is 0 Å². The van der Waals surface area contributed by atoms with Crippen molar-refractivity contribution in [3.05, 3.63) is 36.4 Å². The zero-order valence-corrected chi connectivity index (χ0v) is 18.6. The fourth-order valence-corrected chi connectivity index (χ4v) is 4.42. The van der Waals surface area contributed by atoms with Gasteiger partial charge < -0.3 is 15.0 Å². The molecule has 7 heteroatoms. The SMILES string of the molecule is CC(C)c1nc(N2CCC(NC(=O)C[C@H]3CCCCO3)CC2)ncc1-c1ccncc1. The topological polar surface area (TPSA) is 80.2 Å². The molecule has 0 aromatic carbocycles. The van der Waals surface area contributed by atoms with Crippen LogP contribution in [-0.2, 0) is 9.53 Å². The number of hydrogen-bond donors (Lipinski definition) is 1. The number of nitrogens with zero attached hydrogens (tertiary/aromatic N) is 4. The summed E-state index contributed by atoms with van der Waals surface area (Å²) in [4.78, 5) is 28.3. The van der Waals surface area contributed by atoms with Crippen molar-refractivity contribution in [3.63, 3.8) is 0 Å². The minimum absolute atomic E-state index is 0.0932. The summed E-state index contributed by atoms with van der Waals surface area (Å²) >= 11 is 0. The summed E-state index contributed by atoms with van der Waals surface area (Å²) in [6.07, 6.45) is 11.2. The van der Waals surface area contributed by atoms with Crippen molar-refractivity contribution in [2.45, 2.75) is 70.4 Å². The Balaban J connectivity index is 1.35. The lowest BCUT2D eigenvalue weighted by atomic mass is 10.00. The number of carbonyl (C=O) groups is 1. The molecule has 2 saturated heterocycles. The highest BCUT2D eigenvalue weighted by Crippen LogP contribution is 2.29. The standard InChI is InChI=1S/C24H33N5O2/c1-17(2)23-21(18-6-10-25-11-7-18)16-26-24(28-23)29-12-8-19(9-13-29)27-22(30)15-20-5-3-4-14-31-20/h6-7,10-11,16-17,19-20H,3-5,8-9,12-15H2,1-2H3,(H,27,30)/t20-/m1/s1. The molecule has 0 bridgehead atoms. The Kier molecular flexibility index (Phi) is 7.12. The Bertz CT molecular complexity index is 860. The molecule has 0 spiro atoms. The van der Waals surface area contributed by atoms with Crippen LogP contribution in [0.3, 0.4) is 0 Å². The smallest absolute Gasteiger partial charge is 0.225 e. The van der Waals surface area contributed by atoms with Crippen LogP contribution in [0, 0.1) is 0 Å². The first-order chi connectivity index (χ1) is 15.1. The second kappa shape index (κ2) is 10.2. The maximum atomic E-state index is 12.4. The molecule has 0 unspecified atom stereocenters. The third-order valence-corrected chi connectivity index (χ3v) is 6.17. The lowest BCUT2D eigenvalue weighted by Gasteiger charge is -2.33. The number of piperidine rings is 1. The van der Waals surface area contributed by atoms with E-state index in [1.54, 1.807) is 12.4 Å². The minimum Gasteiger partial charge on any atom is -0.378 e. The number of ether oxygens (including phenoxy) is 1. The van der Waals surface area contributed by atoms with Gasteiger partial charge in [0.15, 0.2) is 0 Å². The van der Waals surface area contributed by atoms with Crippen LogP contribution in [-0.4, -0.2) is 52.7 Å². The van der Waals surface area contributed by atoms with Gasteiger partial charge in [0, 0.05) is 49.9 Å². The van der Waals surface area contributed by atoms with E-state index < -0.39 is 0 Å². The van der Waals surface area contributed by atoms with Crippen LogP contribution in [0.1, 0.15) is 64.0 Å². The summed E-state index contributed by atoms with van der Waals surface area (Å²) in [6.45, 7) is 6.80. The van der Waals surface area contributed by atoms with Gasteiger partial charge in [-0.05, 0) is 55.7 Å². The molecule has 166 valence electrons. The molecule has 4 heterocycles. The number of nitrogens with one attached hydrogen (secondary N) is 1. The molecule has 2 aliphatic rings. The zero-order chi connectivity index (χ0) is 21.6. The monoisotopic (exact) mass is 423 g/mol. The van der Waals surface area contributed by atoms with Crippen LogP contribution in [0.2, 0.25) is 0 Å². The van der Waals surface area contributed by atoms with E-state index in [-0.39, 0.29) is 18.1 Å². The molecule has 2 aliphatic heterocycles. The van der Waals surface area contributed by atoms with E-state index in [4.69, 9.17) is 9.72 Å². The lowest BCUT2D eigenvalue weighted by Crippen LogP contribution is -2.46. The highest BCUT2D eigenvalue weighted by atomic mass is 16.5. The predicted octanol–water partition coefficient (Wildman–Crippen LogP) is 3.71. The van der Waals surface area contributed by atoms with E-state index in [1.165, 1.54) is 0 Å². The van der Waals surface area contributed by atoms with Crippen molar-refractivity contribution >= 4 is 11.9 Å². The molecule has 2 aromatic rings. The normalized spacial score (nSPS) is 20.1. The minimum atomic E-state index is 0.0932. The Morgan fingerprint density at radius 1 is 1.19 bits per heavy atom. The number of rotatable bonds is 6. The van der Waals surface area contributed by atoms with Gasteiger partial charge in [-0.3, -0.25) is 9.78 Å². The number of anilines is 1. The summed E-state index contributed by atoms with van der Waals surface area (Å²) in [7, 11) is 0. The van der Waals surface area contributed by atoms with Gasteiger partial charge in [0.2, 0.25) is 11.9 Å².